The summed E-state index contributed by atoms with van der Waals surface area (Å²) in [7, 11) is 0. The van der Waals surface area contributed by atoms with Crippen molar-refractivity contribution in [1.82, 2.24) is 5.32 Å². The largest absolute Gasteiger partial charge is 0.456 e. The fourth-order valence-electron chi connectivity index (χ4n) is 0.935. The molecular weight excluding hydrogens is 166 g/mol. The number of ether oxygens (including phenoxy) is 1. The van der Waals surface area contributed by atoms with Crippen molar-refractivity contribution in [2.24, 2.45) is 0 Å². The van der Waals surface area contributed by atoms with Crippen molar-refractivity contribution in [3.05, 3.63) is 23.9 Å². The van der Waals surface area contributed by atoms with Gasteiger partial charge in [-0.05, 0) is 26.8 Å². The van der Waals surface area contributed by atoms with Gasteiger partial charge in [0.05, 0.1) is 5.57 Å². The molecule has 0 aromatic heterocycles. The number of esters is 1. The molecule has 1 heterocycles. The molecule has 0 aromatic rings. The molecule has 0 radical (unpaired) electrons. The van der Waals surface area contributed by atoms with Crippen LogP contribution in [0.1, 0.15) is 20.8 Å². The lowest BCUT2D eigenvalue weighted by Gasteiger charge is -2.20. The zero-order valence-corrected chi connectivity index (χ0v) is 8.26. The highest BCUT2D eigenvalue weighted by atomic mass is 16.6. The molecule has 0 amide bonds. The number of hydrogen-bond acceptors (Lipinski definition) is 3. The van der Waals surface area contributed by atoms with Crippen molar-refractivity contribution in [1.29, 1.82) is 0 Å². The molecule has 0 saturated carbocycles. The molecule has 0 spiro atoms. The van der Waals surface area contributed by atoms with E-state index in [1.807, 2.05) is 26.8 Å². The molecule has 0 aromatic carbocycles. The lowest BCUT2D eigenvalue weighted by molar-refractivity contribution is -0.149. The molecule has 0 bridgehead atoms. The monoisotopic (exact) mass is 181 g/mol. The van der Waals surface area contributed by atoms with Gasteiger partial charge in [-0.3, -0.25) is 0 Å². The van der Waals surface area contributed by atoms with E-state index < -0.39 is 5.60 Å². The summed E-state index contributed by atoms with van der Waals surface area (Å²) in [6, 6.07) is 0. The van der Waals surface area contributed by atoms with Crippen LogP contribution < -0.4 is 5.32 Å². The molecule has 3 nitrogen and oxygen atoms in total. The van der Waals surface area contributed by atoms with Gasteiger partial charge in [-0.25, -0.2) is 4.79 Å². The van der Waals surface area contributed by atoms with Crippen molar-refractivity contribution >= 4 is 5.97 Å². The Morgan fingerprint density at radius 2 is 2.23 bits per heavy atom. The minimum atomic E-state index is -0.427. The SMILES string of the molecule is CC(C)(C)OC(=O)C1=CNCC=C1. The summed E-state index contributed by atoms with van der Waals surface area (Å²) in [5, 5.41) is 2.95. The molecule has 0 unspecified atom stereocenters. The topological polar surface area (TPSA) is 38.3 Å². The average molecular weight is 181 g/mol. The van der Waals surface area contributed by atoms with Crippen molar-refractivity contribution in [3.8, 4) is 0 Å². The Bertz CT molecular complexity index is 259. The number of hydrogen-bond donors (Lipinski definition) is 1. The standard InChI is InChI=1S/C10H15NO2/c1-10(2,3)13-9(12)8-5-4-6-11-7-8/h4-5,7,11H,6H2,1-3H3. The predicted octanol–water partition coefficient (Wildman–Crippen LogP) is 1.37. The maximum absolute atomic E-state index is 11.4. The van der Waals surface area contributed by atoms with Crippen LogP contribution in [-0.2, 0) is 9.53 Å². The van der Waals surface area contributed by atoms with E-state index in [4.69, 9.17) is 4.74 Å². The third-order valence-corrected chi connectivity index (χ3v) is 1.43. The Labute approximate surface area is 78.5 Å². The Hall–Kier alpha value is -1.25. The second-order valence-corrected chi connectivity index (χ2v) is 3.91. The molecule has 13 heavy (non-hydrogen) atoms. The van der Waals surface area contributed by atoms with E-state index >= 15 is 0 Å². The van der Waals surface area contributed by atoms with Crippen molar-refractivity contribution in [2.75, 3.05) is 6.54 Å². The van der Waals surface area contributed by atoms with Crippen LogP contribution in [-0.4, -0.2) is 18.1 Å². The summed E-state index contributed by atoms with van der Waals surface area (Å²) in [4.78, 5) is 11.4. The van der Waals surface area contributed by atoms with E-state index in [1.165, 1.54) is 0 Å². The number of dihydropyridines is 1. The molecule has 3 heteroatoms. The third kappa shape index (κ3) is 3.32. The van der Waals surface area contributed by atoms with Gasteiger partial charge in [0.1, 0.15) is 5.60 Å². The summed E-state index contributed by atoms with van der Waals surface area (Å²) >= 11 is 0. The van der Waals surface area contributed by atoms with Gasteiger partial charge in [-0.1, -0.05) is 6.08 Å². The second kappa shape index (κ2) is 3.64. The summed E-state index contributed by atoms with van der Waals surface area (Å²) < 4.78 is 5.18. The quantitative estimate of drug-likeness (QED) is 0.621. The van der Waals surface area contributed by atoms with E-state index in [0.717, 1.165) is 6.54 Å². The van der Waals surface area contributed by atoms with Gasteiger partial charge in [0, 0.05) is 12.7 Å². The van der Waals surface area contributed by atoms with Crippen molar-refractivity contribution in [2.45, 2.75) is 26.4 Å². The van der Waals surface area contributed by atoms with Crippen LogP contribution in [0.25, 0.3) is 0 Å². The van der Waals surface area contributed by atoms with Gasteiger partial charge in [0.25, 0.3) is 0 Å². The van der Waals surface area contributed by atoms with Crippen LogP contribution in [0, 0.1) is 0 Å². The molecule has 0 fully saturated rings. The van der Waals surface area contributed by atoms with Crippen LogP contribution in [0.2, 0.25) is 0 Å². The minimum absolute atomic E-state index is 0.282. The van der Waals surface area contributed by atoms with Gasteiger partial charge in [-0.15, -0.1) is 0 Å². The van der Waals surface area contributed by atoms with Crippen molar-refractivity contribution in [3.63, 3.8) is 0 Å². The molecule has 1 aliphatic rings. The first-order chi connectivity index (χ1) is 5.99. The van der Waals surface area contributed by atoms with Crippen LogP contribution in [0.5, 0.6) is 0 Å². The molecule has 1 N–H and O–H groups in total. The van der Waals surface area contributed by atoms with Crippen molar-refractivity contribution < 1.29 is 9.53 Å². The molecule has 0 aliphatic carbocycles. The number of nitrogens with one attached hydrogen (secondary N) is 1. The smallest absolute Gasteiger partial charge is 0.340 e. The van der Waals surface area contributed by atoms with E-state index in [2.05, 4.69) is 5.32 Å². The van der Waals surface area contributed by atoms with Crippen LogP contribution in [0.15, 0.2) is 23.9 Å². The zero-order chi connectivity index (χ0) is 9.90. The van der Waals surface area contributed by atoms with E-state index in [0.29, 0.717) is 5.57 Å². The van der Waals surface area contributed by atoms with Gasteiger partial charge in [-0.2, -0.15) is 0 Å². The van der Waals surface area contributed by atoms with E-state index in [9.17, 15) is 4.79 Å². The van der Waals surface area contributed by atoms with Gasteiger partial charge in [0.2, 0.25) is 0 Å². The Morgan fingerprint density at radius 3 is 2.69 bits per heavy atom. The first-order valence-electron chi connectivity index (χ1n) is 4.32. The Balaban J connectivity index is 2.58. The summed E-state index contributed by atoms with van der Waals surface area (Å²) in [6.07, 6.45) is 5.33. The van der Waals surface area contributed by atoms with Crippen LogP contribution >= 0.6 is 0 Å². The summed E-state index contributed by atoms with van der Waals surface area (Å²) in [5.74, 6) is -0.282. The maximum atomic E-state index is 11.4. The zero-order valence-electron chi connectivity index (χ0n) is 8.26. The summed E-state index contributed by atoms with van der Waals surface area (Å²) in [6.45, 7) is 6.33. The first kappa shape index (κ1) is 9.84. The highest BCUT2D eigenvalue weighted by Crippen LogP contribution is 2.12. The highest BCUT2D eigenvalue weighted by Gasteiger charge is 2.18. The summed E-state index contributed by atoms with van der Waals surface area (Å²) in [5.41, 5.74) is 0.143. The number of carbonyl (C=O) groups is 1. The van der Waals surface area contributed by atoms with E-state index in [-0.39, 0.29) is 5.97 Å². The van der Waals surface area contributed by atoms with Crippen LogP contribution in [0.3, 0.4) is 0 Å². The lowest BCUT2D eigenvalue weighted by atomic mass is 10.1. The molecule has 1 rings (SSSR count). The molecule has 0 saturated heterocycles. The van der Waals surface area contributed by atoms with Gasteiger partial charge < -0.3 is 10.1 Å². The molecule has 72 valence electrons. The van der Waals surface area contributed by atoms with Gasteiger partial charge in [0.15, 0.2) is 0 Å². The number of rotatable bonds is 1. The average Bonchev–Trinajstić information content (AvgIpc) is 2.03. The fourth-order valence-corrected chi connectivity index (χ4v) is 0.935. The Kier molecular flexibility index (Phi) is 2.76. The van der Waals surface area contributed by atoms with E-state index in [1.54, 1.807) is 12.3 Å². The highest BCUT2D eigenvalue weighted by molar-refractivity contribution is 5.91. The third-order valence-electron chi connectivity index (χ3n) is 1.43. The molecule has 0 atom stereocenters. The fraction of sp³-hybridized carbons (Fsp3) is 0.500. The first-order valence-corrected chi connectivity index (χ1v) is 4.32. The second-order valence-electron chi connectivity index (χ2n) is 3.91. The van der Waals surface area contributed by atoms with Crippen LogP contribution in [0.4, 0.5) is 0 Å². The Morgan fingerprint density at radius 1 is 1.54 bits per heavy atom. The lowest BCUT2D eigenvalue weighted by Crippen LogP contribution is -2.26. The molecule has 1 aliphatic heterocycles. The number of carbonyl (C=O) groups excluding carboxylic acids is 1. The van der Waals surface area contributed by atoms with Gasteiger partial charge >= 0.3 is 5.97 Å². The predicted molar refractivity (Wildman–Crippen MR) is 51.1 cm³/mol. The molecular formula is C10H15NO2. The maximum Gasteiger partial charge on any atom is 0.340 e. The normalized spacial score (nSPS) is 16.1. The minimum Gasteiger partial charge on any atom is -0.456 e.